The highest BCUT2D eigenvalue weighted by molar-refractivity contribution is 6.35. The van der Waals surface area contributed by atoms with E-state index in [0.29, 0.717) is 28.0 Å². The van der Waals surface area contributed by atoms with Gasteiger partial charge in [-0.15, -0.1) is 11.6 Å². The van der Waals surface area contributed by atoms with E-state index in [4.69, 9.17) is 34.8 Å². The fourth-order valence-electron chi connectivity index (χ4n) is 1.99. The maximum atomic E-state index is 12.4. The molecule has 0 saturated carbocycles. The summed E-state index contributed by atoms with van der Waals surface area (Å²) in [6, 6.07) is 12.5. The average Bonchev–Trinajstić information content (AvgIpc) is 2.49. The molecule has 0 saturated heterocycles. The Labute approximate surface area is 139 Å². The summed E-state index contributed by atoms with van der Waals surface area (Å²) in [7, 11) is 1.74. The highest BCUT2D eigenvalue weighted by Gasteiger charge is 2.14. The van der Waals surface area contributed by atoms with Crippen molar-refractivity contribution in [3.05, 3.63) is 69.2 Å². The van der Waals surface area contributed by atoms with Gasteiger partial charge in [-0.25, -0.2) is 0 Å². The van der Waals surface area contributed by atoms with Crippen molar-refractivity contribution >= 4 is 40.7 Å². The number of nitrogens with zero attached hydrogens (tertiary/aromatic N) is 1. The van der Waals surface area contributed by atoms with Crippen LogP contribution in [0.1, 0.15) is 21.5 Å². The Bertz CT molecular complexity index is 658. The number of carbonyl (C=O) groups is 1. The lowest BCUT2D eigenvalue weighted by Gasteiger charge is -2.18. The Morgan fingerprint density at radius 1 is 1.14 bits per heavy atom. The van der Waals surface area contributed by atoms with Crippen LogP contribution in [0.25, 0.3) is 0 Å². The van der Waals surface area contributed by atoms with E-state index in [9.17, 15) is 4.79 Å². The molecule has 2 rings (SSSR count). The van der Waals surface area contributed by atoms with E-state index in [1.165, 1.54) is 0 Å². The minimum absolute atomic E-state index is 0.0759. The summed E-state index contributed by atoms with van der Waals surface area (Å²) >= 11 is 17.8. The zero-order valence-corrected chi connectivity index (χ0v) is 13.7. The van der Waals surface area contributed by atoms with Gasteiger partial charge in [-0.05, 0) is 35.4 Å². The van der Waals surface area contributed by atoms with E-state index in [2.05, 4.69) is 0 Å². The summed E-state index contributed by atoms with van der Waals surface area (Å²) in [5, 5.41) is 1.13. The van der Waals surface area contributed by atoms with Crippen LogP contribution in [-0.4, -0.2) is 17.9 Å². The zero-order valence-electron chi connectivity index (χ0n) is 11.4. The Morgan fingerprint density at radius 2 is 1.90 bits per heavy atom. The van der Waals surface area contributed by atoms with Crippen LogP contribution in [0.2, 0.25) is 10.0 Å². The highest BCUT2D eigenvalue weighted by atomic mass is 35.5. The summed E-state index contributed by atoms with van der Waals surface area (Å²) in [6.45, 7) is 0.417. The Morgan fingerprint density at radius 3 is 2.57 bits per heavy atom. The van der Waals surface area contributed by atoms with Crippen LogP contribution >= 0.6 is 34.8 Å². The summed E-state index contributed by atoms with van der Waals surface area (Å²) in [4.78, 5) is 14.0. The molecule has 21 heavy (non-hydrogen) atoms. The molecule has 0 spiro atoms. The first-order chi connectivity index (χ1) is 10.0. The topological polar surface area (TPSA) is 20.3 Å². The van der Waals surface area contributed by atoms with Crippen LogP contribution in [-0.2, 0) is 12.4 Å². The third-order valence-corrected chi connectivity index (χ3v) is 3.99. The molecular formula is C16H14Cl3NO. The molecule has 0 aliphatic heterocycles. The van der Waals surface area contributed by atoms with Crippen molar-refractivity contribution < 1.29 is 4.79 Å². The molecule has 2 aromatic carbocycles. The standard InChI is InChI=1S/C16H14Cl3NO/c1-20(10-13-5-6-14(18)8-15(13)19)16(21)12-4-2-3-11(7-12)9-17/h2-8H,9-10H2,1H3. The lowest BCUT2D eigenvalue weighted by molar-refractivity contribution is 0.0785. The first kappa shape index (κ1) is 16.2. The van der Waals surface area contributed by atoms with Crippen molar-refractivity contribution in [2.45, 2.75) is 12.4 Å². The second kappa shape index (κ2) is 7.17. The third-order valence-electron chi connectivity index (χ3n) is 3.10. The van der Waals surface area contributed by atoms with E-state index in [-0.39, 0.29) is 5.91 Å². The second-order valence-corrected chi connectivity index (χ2v) is 5.84. The summed E-state index contributed by atoms with van der Waals surface area (Å²) in [5.74, 6) is 0.307. The highest BCUT2D eigenvalue weighted by Crippen LogP contribution is 2.22. The zero-order chi connectivity index (χ0) is 15.4. The van der Waals surface area contributed by atoms with Gasteiger partial charge in [-0.1, -0.05) is 41.4 Å². The third kappa shape index (κ3) is 4.13. The van der Waals surface area contributed by atoms with E-state index in [1.807, 2.05) is 18.2 Å². The van der Waals surface area contributed by atoms with Gasteiger partial charge in [0.05, 0.1) is 0 Å². The van der Waals surface area contributed by atoms with Gasteiger partial charge in [0.2, 0.25) is 0 Å². The fraction of sp³-hybridized carbons (Fsp3) is 0.188. The van der Waals surface area contributed by atoms with Crippen LogP contribution in [0, 0.1) is 0 Å². The van der Waals surface area contributed by atoms with Gasteiger partial charge in [-0.2, -0.15) is 0 Å². The summed E-state index contributed by atoms with van der Waals surface area (Å²) in [5.41, 5.74) is 2.38. The van der Waals surface area contributed by atoms with Crippen molar-refractivity contribution in [1.29, 1.82) is 0 Å². The summed E-state index contributed by atoms with van der Waals surface area (Å²) < 4.78 is 0. The quantitative estimate of drug-likeness (QED) is 0.716. The van der Waals surface area contributed by atoms with Crippen LogP contribution in [0.4, 0.5) is 0 Å². The maximum Gasteiger partial charge on any atom is 0.253 e. The molecule has 0 radical (unpaired) electrons. The largest absolute Gasteiger partial charge is 0.337 e. The predicted molar refractivity (Wildman–Crippen MR) is 88.3 cm³/mol. The number of hydrogen-bond acceptors (Lipinski definition) is 1. The van der Waals surface area contributed by atoms with E-state index in [1.54, 1.807) is 36.2 Å². The second-order valence-electron chi connectivity index (χ2n) is 4.73. The Hall–Kier alpha value is -1.22. The molecule has 0 unspecified atom stereocenters. The molecule has 0 aliphatic rings. The van der Waals surface area contributed by atoms with Crippen LogP contribution in [0.3, 0.4) is 0 Å². The molecular weight excluding hydrogens is 329 g/mol. The predicted octanol–water partition coefficient (Wildman–Crippen LogP) is 5.00. The lowest BCUT2D eigenvalue weighted by atomic mass is 10.1. The van der Waals surface area contributed by atoms with E-state index < -0.39 is 0 Å². The van der Waals surface area contributed by atoms with E-state index >= 15 is 0 Å². The van der Waals surface area contributed by atoms with Gasteiger partial charge in [0.25, 0.3) is 5.91 Å². The molecule has 0 aliphatic carbocycles. The van der Waals surface area contributed by atoms with E-state index in [0.717, 1.165) is 11.1 Å². The number of carbonyl (C=O) groups excluding carboxylic acids is 1. The van der Waals surface area contributed by atoms with Crippen LogP contribution in [0.15, 0.2) is 42.5 Å². The number of amides is 1. The molecule has 0 atom stereocenters. The maximum absolute atomic E-state index is 12.4. The first-order valence-corrected chi connectivity index (χ1v) is 7.64. The molecule has 1 amide bonds. The molecule has 2 nitrogen and oxygen atoms in total. The minimum Gasteiger partial charge on any atom is -0.337 e. The first-order valence-electron chi connectivity index (χ1n) is 6.35. The van der Waals surface area contributed by atoms with Gasteiger partial charge in [0.1, 0.15) is 0 Å². The number of alkyl halides is 1. The van der Waals surface area contributed by atoms with Gasteiger partial charge >= 0.3 is 0 Å². The van der Waals surface area contributed by atoms with Crippen molar-refractivity contribution in [1.82, 2.24) is 4.90 Å². The minimum atomic E-state index is -0.0759. The number of benzene rings is 2. The molecule has 0 aromatic heterocycles. The Kier molecular flexibility index (Phi) is 5.51. The number of hydrogen-bond donors (Lipinski definition) is 0. The molecule has 0 heterocycles. The van der Waals surface area contributed by atoms with Gasteiger partial charge in [0, 0.05) is 35.1 Å². The van der Waals surface area contributed by atoms with Gasteiger partial charge in [0.15, 0.2) is 0 Å². The van der Waals surface area contributed by atoms with Gasteiger partial charge in [-0.3, -0.25) is 4.79 Å². The summed E-state index contributed by atoms with van der Waals surface area (Å²) in [6.07, 6.45) is 0. The Balaban J connectivity index is 2.15. The average molecular weight is 343 g/mol. The van der Waals surface area contributed by atoms with Crippen molar-refractivity contribution in [3.63, 3.8) is 0 Å². The number of halogens is 3. The fourth-order valence-corrected chi connectivity index (χ4v) is 2.62. The monoisotopic (exact) mass is 341 g/mol. The lowest BCUT2D eigenvalue weighted by Crippen LogP contribution is -2.26. The van der Waals surface area contributed by atoms with Crippen molar-refractivity contribution in [3.8, 4) is 0 Å². The van der Waals surface area contributed by atoms with Crippen LogP contribution < -0.4 is 0 Å². The molecule has 5 heteroatoms. The van der Waals surface area contributed by atoms with Crippen LogP contribution in [0.5, 0.6) is 0 Å². The molecule has 110 valence electrons. The molecule has 0 fully saturated rings. The molecule has 0 bridgehead atoms. The SMILES string of the molecule is CN(Cc1ccc(Cl)cc1Cl)C(=O)c1cccc(CCl)c1. The smallest absolute Gasteiger partial charge is 0.253 e. The number of rotatable bonds is 4. The molecule has 0 N–H and O–H groups in total. The molecule has 2 aromatic rings. The normalized spacial score (nSPS) is 10.5. The van der Waals surface area contributed by atoms with Crippen molar-refractivity contribution in [2.75, 3.05) is 7.05 Å². The van der Waals surface area contributed by atoms with Crippen molar-refractivity contribution in [2.24, 2.45) is 0 Å². The van der Waals surface area contributed by atoms with Gasteiger partial charge < -0.3 is 4.90 Å².